The summed E-state index contributed by atoms with van der Waals surface area (Å²) in [7, 11) is 1.51. The number of hydrogen-bond donors (Lipinski definition) is 0. The van der Waals surface area contributed by atoms with Crippen molar-refractivity contribution in [1.29, 1.82) is 0 Å². The molecule has 0 aromatic carbocycles. The van der Waals surface area contributed by atoms with Crippen LogP contribution < -0.4 is 0 Å². The van der Waals surface area contributed by atoms with Crippen LogP contribution in [0.25, 0.3) is 0 Å². The summed E-state index contributed by atoms with van der Waals surface area (Å²) in [6.07, 6.45) is 3.36. The Kier molecular flexibility index (Phi) is 1.51. The Hall–Kier alpha value is -0.990. The maximum Gasteiger partial charge on any atom is 0.133 e. The SMILES string of the molecule is CON=C1C=COC1. The lowest BCUT2D eigenvalue weighted by Crippen LogP contribution is -1.95. The van der Waals surface area contributed by atoms with Crippen LogP contribution in [0.15, 0.2) is 17.5 Å². The summed E-state index contributed by atoms with van der Waals surface area (Å²) >= 11 is 0. The minimum atomic E-state index is 0.536. The highest BCUT2D eigenvalue weighted by molar-refractivity contribution is 5.96. The maximum absolute atomic E-state index is 4.82. The smallest absolute Gasteiger partial charge is 0.133 e. The normalized spacial score (nSPS) is 21.4. The zero-order chi connectivity index (χ0) is 5.82. The third-order valence-electron chi connectivity index (χ3n) is 0.796. The molecule has 1 aliphatic heterocycles. The van der Waals surface area contributed by atoms with Gasteiger partial charge in [-0.15, -0.1) is 0 Å². The Morgan fingerprint density at radius 3 is 3.25 bits per heavy atom. The molecule has 0 aromatic heterocycles. The highest BCUT2D eigenvalue weighted by Crippen LogP contribution is 1.94. The quantitative estimate of drug-likeness (QED) is 0.464. The zero-order valence-electron chi connectivity index (χ0n) is 4.63. The average molecular weight is 113 g/mol. The highest BCUT2D eigenvalue weighted by atomic mass is 16.6. The highest BCUT2D eigenvalue weighted by Gasteiger charge is 1.99. The molecule has 0 atom stereocenters. The molecule has 0 fully saturated rings. The summed E-state index contributed by atoms with van der Waals surface area (Å²) in [4.78, 5) is 4.48. The Labute approximate surface area is 47.6 Å². The number of nitrogens with zero attached hydrogens (tertiary/aromatic N) is 1. The molecule has 1 rings (SSSR count). The number of hydrogen-bond acceptors (Lipinski definition) is 3. The van der Waals surface area contributed by atoms with E-state index in [4.69, 9.17) is 4.74 Å². The Morgan fingerprint density at radius 2 is 2.75 bits per heavy atom. The van der Waals surface area contributed by atoms with Crippen LogP contribution in [0.1, 0.15) is 0 Å². The Bertz CT molecular complexity index is 128. The van der Waals surface area contributed by atoms with Gasteiger partial charge in [-0.05, 0) is 0 Å². The molecule has 8 heavy (non-hydrogen) atoms. The van der Waals surface area contributed by atoms with Crippen LogP contribution in [0.3, 0.4) is 0 Å². The van der Waals surface area contributed by atoms with E-state index in [2.05, 4.69) is 9.99 Å². The molecule has 1 heterocycles. The molecule has 0 unspecified atom stereocenters. The summed E-state index contributed by atoms with van der Waals surface area (Å²) < 4.78 is 4.82. The van der Waals surface area contributed by atoms with Gasteiger partial charge in [0.2, 0.25) is 0 Å². The van der Waals surface area contributed by atoms with Crippen molar-refractivity contribution in [3.8, 4) is 0 Å². The van der Waals surface area contributed by atoms with Gasteiger partial charge < -0.3 is 9.57 Å². The first-order chi connectivity index (χ1) is 3.93. The molecule has 3 heteroatoms. The Balaban J connectivity index is 2.46. The molecule has 0 bridgehead atoms. The van der Waals surface area contributed by atoms with Gasteiger partial charge in [0.05, 0.1) is 6.26 Å². The van der Waals surface area contributed by atoms with Crippen molar-refractivity contribution in [2.75, 3.05) is 13.7 Å². The fourth-order valence-corrected chi connectivity index (χ4v) is 0.482. The fourth-order valence-electron chi connectivity index (χ4n) is 0.482. The van der Waals surface area contributed by atoms with E-state index in [-0.39, 0.29) is 0 Å². The largest absolute Gasteiger partial charge is 0.495 e. The van der Waals surface area contributed by atoms with Crippen molar-refractivity contribution in [3.05, 3.63) is 12.3 Å². The summed E-state index contributed by atoms with van der Waals surface area (Å²) in [5, 5.41) is 3.63. The van der Waals surface area contributed by atoms with Gasteiger partial charge in [0.1, 0.15) is 19.4 Å². The van der Waals surface area contributed by atoms with E-state index < -0.39 is 0 Å². The molecule has 0 aromatic rings. The number of rotatable bonds is 1. The lowest BCUT2D eigenvalue weighted by atomic mass is 10.4. The van der Waals surface area contributed by atoms with Crippen molar-refractivity contribution in [3.63, 3.8) is 0 Å². The third kappa shape index (κ3) is 0.992. The molecular weight excluding hydrogens is 106 g/mol. The predicted molar refractivity (Wildman–Crippen MR) is 29.5 cm³/mol. The van der Waals surface area contributed by atoms with Crippen molar-refractivity contribution in [2.24, 2.45) is 5.16 Å². The minimum absolute atomic E-state index is 0.536. The predicted octanol–water partition coefficient (Wildman–Crippen LogP) is 0.533. The average Bonchev–Trinajstić information content (AvgIpc) is 2.19. The second-order valence-corrected chi connectivity index (χ2v) is 1.38. The van der Waals surface area contributed by atoms with Gasteiger partial charge in [0, 0.05) is 6.08 Å². The standard InChI is InChI=1S/C5H7NO2/c1-7-6-5-2-3-8-4-5/h2-3H,4H2,1H3. The van der Waals surface area contributed by atoms with E-state index in [1.807, 2.05) is 0 Å². The van der Waals surface area contributed by atoms with Crippen molar-refractivity contribution in [1.82, 2.24) is 0 Å². The van der Waals surface area contributed by atoms with Crippen molar-refractivity contribution >= 4 is 5.71 Å². The molecular formula is C5H7NO2. The maximum atomic E-state index is 4.82. The second kappa shape index (κ2) is 2.35. The molecule has 0 N–H and O–H groups in total. The van der Waals surface area contributed by atoms with Gasteiger partial charge in [-0.3, -0.25) is 0 Å². The van der Waals surface area contributed by atoms with Gasteiger partial charge in [0.25, 0.3) is 0 Å². The van der Waals surface area contributed by atoms with Gasteiger partial charge in [-0.2, -0.15) is 0 Å². The lowest BCUT2D eigenvalue weighted by molar-refractivity contribution is 0.210. The summed E-state index contributed by atoms with van der Waals surface area (Å²) in [6.45, 7) is 0.536. The molecule has 0 aliphatic carbocycles. The van der Waals surface area contributed by atoms with Gasteiger partial charge >= 0.3 is 0 Å². The molecule has 0 amide bonds. The minimum Gasteiger partial charge on any atom is -0.495 e. The van der Waals surface area contributed by atoms with E-state index in [1.54, 1.807) is 12.3 Å². The number of ether oxygens (including phenoxy) is 1. The van der Waals surface area contributed by atoms with Crippen molar-refractivity contribution < 1.29 is 9.57 Å². The van der Waals surface area contributed by atoms with Crippen LogP contribution >= 0.6 is 0 Å². The van der Waals surface area contributed by atoms with Gasteiger partial charge in [0.15, 0.2) is 0 Å². The first-order valence-electron chi connectivity index (χ1n) is 2.31. The molecule has 0 saturated carbocycles. The van der Waals surface area contributed by atoms with E-state index in [0.717, 1.165) is 5.71 Å². The van der Waals surface area contributed by atoms with Crippen molar-refractivity contribution in [2.45, 2.75) is 0 Å². The molecule has 1 aliphatic rings. The Morgan fingerprint density at radius 1 is 1.88 bits per heavy atom. The van der Waals surface area contributed by atoms with E-state index in [0.29, 0.717) is 6.61 Å². The molecule has 3 nitrogen and oxygen atoms in total. The van der Waals surface area contributed by atoms with Crippen LogP contribution in [-0.2, 0) is 9.57 Å². The second-order valence-electron chi connectivity index (χ2n) is 1.38. The van der Waals surface area contributed by atoms with Crippen LogP contribution in [0.4, 0.5) is 0 Å². The molecule has 0 saturated heterocycles. The monoisotopic (exact) mass is 113 g/mol. The van der Waals surface area contributed by atoms with E-state index in [9.17, 15) is 0 Å². The van der Waals surface area contributed by atoms with Crippen LogP contribution in [0.2, 0.25) is 0 Å². The molecule has 0 radical (unpaired) electrons. The molecule has 0 spiro atoms. The first kappa shape index (κ1) is 5.15. The molecule has 44 valence electrons. The lowest BCUT2D eigenvalue weighted by Gasteiger charge is -1.88. The van der Waals surface area contributed by atoms with Crippen LogP contribution in [-0.4, -0.2) is 19.4 Å². The van der Waals surface area contributed by atoms with Crippen LogP contribution in [0, 0.1) is 0 Å². The van der Waals surface area contributed by atoms with Gasteiger partial charge in [-0.25, -0.2) is 0 Å². The topological polar surface area (TPSA) is 30.8 Å². The fraction of sp³-hybridized carbons (Fsp3) is 0.400. The van der Waals surface area contributed by atoms with E-state index in [1.165, 1.54) is 7.11 Å². The zero-order valence-corrected chi connectivity index (χ0v) is 4.63. The summed E-state index contributed by atoms with van der Waals surface area (Å²) in [5.41, 5.74) is 0.826. The third-order valence-corrected chi connectivity index (χ3v) is 0.796. The summed E-state index contributed by atoms with van der Waals surface area (Å²) in [5.74, 6) is 0. The summed E-state index contributed by atoms with van der Waals surface area (Å²) in [6, 6.07) is 0. The van der Waals surface area contributed by atoms with Gasteiger partial charge in [-0.1, -0.05) is 5.16 Å². The first-order valence-corrected chi connectivity index (χ1v) is 2.31. The van der Waals surface area contributed by atoms with Crippen LogP contribution in [0.5, 0.6) is 0 Å². The number of oxime groups is 1. The van der Waals surface area contributed by atoms with E-state index >= 15 is 0 Å².